The van der Waals surface area contributed by atoms with Gasteiger partial charge in [0, 0.05) is 18.5 Å². The molecule has 4 N–H and O–H groups in total. The number of aromatic amines is 2. The van der Waals surface area contributed by atoms with E-state index in [-0.39, 0.29) is 47.6 Å². The Morgan fingerprint density at radius 3 is 1.67 bits per heavy atom. The average molecular weight is 818 g/mol. The van der Waals surface area contributed by atoms with E-state index in [0.29, 0.717) is 18.9 Å². The molecule has 1 unspecified atom stereocenters. The van der Waals surface area contributed by atoms with Crippen molar-refractivity contribution in [2.75, 3.05) is 27.3 Å². The van der Waals surface area contributed by atoms with Gasteiger partial charge in [0.2, 0.25) is 11.8 Å². The number of carbonyl (C=O) groups is 4. The number of alkyl carbamates (subject to hydrolysis) is 2. The number of rotatable bonds is 11. The van der Waals surface area contributed by atoms with Gasteiger partial charge in [-0.1, -0.05) is 77.9 Å². The van der Waals surface area contributed by atoms with Crippen LogP contribution in [0.4, 0.5) is 9.59 Å². The first kappa shape index (κ1) is 41.9. The highest BCUT2D eigenvalue weighted by atomic mass is 16.5. The predicted octanol–water partition coefficient (Wildman–Crippen LogP) is 7.26. The normalized spacial score (nSPS) is 20.1. The van der Waals surface area contributed by atoms with E-state index in [4.69, 9.17) is 24.4 Å². The maximum atomic E-state index is 13.7. The van der Waals surface area contributed by atoms with Crippen LogP contribution in [0.5, 0.6) is 0 Å². The Kier molecular flexibility index (Phi) is 12.2. The summed E-state index contributed by atoms with van der Waals surface area (Å²) in [4.78, 5) is 76.4. The van der Waals surface area contributed by atoms with Crippen molar-refractivity contribution >= 4 is 34.9 Å². The van der Waals surface area contributed by atoms with E-state index in [9.17, 15) is 19.2 Å². The minimum atomic E-state index is -0.713. The maximum Gasteiger partial charge on any atom is 0.407 e. The van der Waals surface area contributed by atoms with Crippen LogP contribution in [0.2, 0.25) is 0 Å². The third kappa shape index (κ3) is 8.70. The molecule has 3 aromatic heterocycles. The van der Waals surface area contributed by atoms with E-state index in [0.717, 1.165) is 63.3 Å². The van der Waals surface area contributed by atoms with Crippen LogP contribution in [0.25, 0.3) is 44.7 Å². The Labute approximate surface area is 350 Å². The number of imidazole rings is 2. The first-order valence-corrected chi connectivity index (χ1v) is 20.7. The topological polar surface area (TPSA) is 188 Å². The molecular weight excluding hydrogens is 763 g/mol. The van der Waals surface area contributed by atoms with E-state index in [1.165, 1.54) is 14.2 Å². The number of amides is 4. The van der Waals surface area contributed by atoms with Gasteiger partial charge in [0.25, 0.3) is 0 Å². The van der Waals surface area contributed by atoms with Gasteiger partial charge < -0.3 is 39.9 Å². The molecule has 15 nitrogen and oxygen atoms in total. The van der Waals surface area contributed by atoms with Crippen LogP contribution < -0.4 is 10.6 Å². The van der Waals surface area contributed by atoms with Gasteiger partial charge in [0.05, 0.1) is 61.3 Å². The fourth-order valence-electron chi connectivity index (χ4n) is 8.44. The molecule has 60 heavy (non-hydrogen) atoms. The molecule has 2 aliphatic heterocycles. The third-order valence-corrected chi connectivity index (χ3v) is 11.7. The second kappa shape index (κ2) is 17.5. The van der Waals surface area contributed by atoms with Crippen LogP contribution in [0, 0.1) is 23.7 Å². The lowest BCUT2D eigenvalue weighted by Crippen LogP contribution is -2.51. The second-order valence-electron chi connectivity index (χ2n) is 17.0. The Morgan fingerprint density at radius 1 is 0.667 bits per heavy atom. The number of nitrogens with zero attached hydrogens (tertiary/aromatic N) is 5. The molecule has 2 fully saturated rings. The average Bonchev–Trinajstić information content (AvgIpc) is 4.07. The molecule has 5 aromatic rings. The van der Waals surface area contributed by atoms with Crippen molar-refractivity contribution < 1.29 is 28.7 Å². The third-order valence-electron chi connectivity index (χ3n) is 11.7. The molecule has 15 heteroatoms. The van der Waals surface area contributed by atoms with E-state index in [1.807, 2.05) is 61.9 Å². The van der Waals surface area contributed by atoms with E-state index < -0.39 is 24.3 Å². The van der Waals surface area contributed by atoms with Gasteiger partial charge in [-0.05, 0) is 71.4 Å². The predicted molar refractivity (Wildman–Crippen MR) is 227 cm³/mol. The summed E-state index contributed by atoms with van der Waals surface area (Å²) in [7, 11) is 2.58. The van der Waals surface area contributed by atoms with Crippen LogP contribution in [0.15, 0.2) is 67.0 Å². The van der Waals surface area contributed by atoms with Gasteiger partial charge in [-0.2, -0.15) is 0 Å². The van der Waals surface area contributed by atoms with Crippen LogP contribution in [-0.4, -0.2) is 98.1 Å². The van der Waals surface area contributed by atoms with Gasteiger partial charge in [-0.25, -0.2) is 24.5 Å². The molecule has 2 aliphatic rings. The van der Waals surface area contributed by atoms with E-state index >= 15 is 0 Å². The number of aromatic nitrogens is 5. The van der Waals surface area contributed by atoms with Crippen molar-refractivity contribution in [3.05, 3.63) is 78.6 Å². The largest absolute Gasteiger partial charge is 0.453 e. The molecule has 7 rings (SSSR count). The fourth-order valence-corrected chi connectivity index (χ4v) is 8.44. The number of fused-ring (bicyclic) bond motifs is 1. The number of benzene rings is 2. The van der Waals surface area contributed by atoms with Crippen LogP contribution in [0.3, 0.4) is 0 Å². The molecule has 5 heterocycles. The summed E-state index contributed by atoms with van der Waals surface area (Å²) in [5.41, 5.74) is 6.25. The van der Waals surface area contributed by atoms with Gasteiger partial charge in [-0.3, -0.25) is 9.59 Å². The molecule has 2 aromatic carbocycles. The summed E-state index contributed by atoms with van der Waals surface area (Å²) in [5.74, 6) is 1.40. The Hall–Kier alpha value is -6.25. The SMILES string of the molecule is COC(=O)N[C@H](C(=O)N1C[C@@H](C)CC1c1ncc(-c2ccc3cc(-c4ccc(-c5cnc([C@@H]6C[C@H](C)CN6C(=O)[C@@H](NC(=O)OC)C(C)C)[nH]5)cc4)ccc3n2)[nH]1)C(C)C. The number of methoxy groups -OCH3 is 2. The summed E-state index contributed by atoms with van der Waals surface area (Å²) < 4.78 is 9.56. The highest BCUT2D eigenvalue weighted by Gasteiger charge is 2.41. The summed E-state index contributed by atoms with van der Waals surface area (Å²) >= 11 is 0. The minimum Gasteiger partial charge on any atom is -0.453 e. The standard InChI is InChI=1S/C45H55N9O6/c1-24(2)38(51-44(57)59-7)42(55)53-22-26(5)17-36(53)40-46-20-34(49-40)29-11-9-28(10-12-29)30-13-15-32-31(19-30)14-16-33(48-32)35-21-47-41(50-35)37-18-27(6)23-54(37)43(56)39(25(3)4)52-45(58)60-8/h9-16,19-21,24-27,36-39H,17-18,22-23H2,1-8H3,(H,46,49)(H,47,50)(H,51,57)(H,52,58)/t26-,27-,36-,37?,38-,39-/m0/s1. The smallest absolute Gasteiger partial charge is 0.407 e. The molecule has 0 bridgehead atoms. The number of hydrogen-bond donors (Lipinski definition) is 4. The molecular formula is C45H55N9O6. The van der Waals surface area contributed by atoms with Crippen molar-refractivity contribution in [3.63, 3.8) is 0 Å². The number of ether oxygens (including phenoxy) is 2. The lowest BCUT2D eigenvalue weighted by Gasteiger charge is -2.30. The number of H-pyrrole nitrogens is 2. The van der Waals surface area contributed by atoms with Crippen molar-refractivity contribution in [3.8, 4) is 33.8 Å². The van der Waals surface area contributed by atoms with Gasteiger partial charge in [0.1, 0.15) is 23.7 Å². The zero-order valence-corrected chi connectivity index (χ0v) is 35.5. The highest BCUT2D eigenvalue weighted by Crippen LogP contribution is 2.38. The van der Waals surface area contributed by atoms with Crippen LogP contribution in [-0.2, 0) is 19.1 Å². The number of likely N-dealkylation sites (tertiary alicyclic amines) is 2. The number of nitrogens with one attached hydrogen (secondary N) is 4. The quantitative estimate of drug-likeness (QED) is 0.106. The second-order valence-corrected chi connectivity index (χ2v) is 17.0. The zero-order chi connectivity index (χ0) is 42.8. The summed E-state index contributed by atoms with van der Waals surface area (Å²) in [6, 6.07) is 16.6. The van der Waals surface area contributed by atoms with Gasteiger partial charge in [0.15, 0.2) is 0 Å². The zero-order valence-electron chi connectivity index (χ0n) is 35.5. The molecule has 0 spiro atoms. The van der Waals surface area contributed by atoms with Crippen molar-refractivity contribution in [2.45, 2.75) is 78.6 Å². The van der Waals surface area contributed by atoms with E-state index in [2.05, 4.69) is 70.8 Å². The molecule has 0 radical (unpaired) electrons. The first-order chi connectivity index (χ1) is 28.7. The summed E-state index contributed by atoms with van der Waals surface area (Å²) in [5, 5.41) is 6.41. The highest BCUT2D eigenvalue weighted by molar-refractivity contribution is 5.88. The van der Waals surface area contributed by atoms with Crippen LogP contribution >= 0.6 is 0 Å². The van der Waals surface area contributed by atoms with Crippen molar-refractivity contribution in [1.82, 2.24) is 45.4 Å². The van der Waals surface area contributed by atoms with E-state index in [1.54, 1.807) is 6.20 Å². The summed E-state index contributed by atoms with van der Waals surface area (Å²) in [6.07, 6.45) is 3.82. The number of hydrogen-bond acceptors (Lipinski definition) is 9. The van der Waals surface area contributed by atoms with Crippen molar-refractivity contribution in [1.29, 1.82) is 0 Å². The minimum absolute atomic E-state index is 0.117. The Bertz CT molecular complexity index is 2350. The fraction of sp³-hybridized carbons (Fsp3) is 0.444. The number of carbonyl (C=O) groups excluding carboxylic acids is 4. The van der Waals surface area contributed by atoms with Crippen LogP contribution in [0.1, 0.15) is 78.1 Å². The molecule has 4 amide bonds. The molecule has 0 saturated carbocycles. The Morgan fingerprint density at radius 2 is 1.15 bits per heavy atom. The molecule has 316 valence electrons. The lowest BCUT2D eigenvalue weighted by molar-refractivity contribution is -0.136. The lowest BCUT2D eigenvalue weighted by atomic mass is 10.0. The number of pyridine rings is 1. The van der Waals surface area contributed by atoms with Gasteiger partial charge >= 0.3 is 12.2 Å². The monoisotopic (exact) mass is 817 g/mol. The maximum absolute atomic E-state index is 13.7. The molecule has 2 saturated heterocycles. The molecule has 6 atom stereocenters. The molecule has 0 aliphatic carbocycles. The summed E-state index contributed by atoms with van der Waals surface area (Å²) in [6.45, 7) is 13.0. The van der Waals surface area contributed by atoms with Crippen molar-refractivity contribution in [2.24, 2.45) is 23.7 Å². The van der Waals surface area contributed by atoms with Gasteiger partial charge in [-0.15, -0.1) is 0 Å². The first-order valence-electron chi connectivity index (χ1n) is 20.7. The Balaban J connectivity index is 1.04.